The lowest BCUT2D eigenvalue weighted by molar-refractivity contribution is -0.141. The number of benzene rings is 1. The maximum Gasteiger partial charge on any atom is 0.353 e. The van der Waals surface area contributed by atoms with E-state index in [1.165, 1.54) is 22.1 Å². The van der Waals surface area contributed by atoms with Gasteiger partial charge >= 0.3 is 5.97 Å². The molecule has 3 aromatic rings. The number of nitrogens with zero attached hydrogens (tertiary/aromatic N) is 4. The highest BCUT2D eigenvalue weighted by Gasteiger charge is 2.49. The van der Waals surface area contributed by atoms with Crippen LogP contribution in [0.1, 0.15) is 5.69 Å². The van der Waals surface area contributed by atoms with Gasteiger partial charge < -0.3 is 5.11 Å². The molecule has 122 valence electrons. The fourth-order valence-corrected chi connectivity index (χ4v) is 4.21. The Bertz CT molecular complexity index is 1150. The molecule has 5 rings (SSSR count). The highest BCUT2D eigenvalue weighted by molar-refractivity contribution is 8.03. The predicted molar refractivity (Wildman–Crippen MR) is 92.4 cm³/mol. The second kappa shape index (κ2) is 4.93. The first-order valence-corrected chi connectivity index (χ1v) is 8.45. The van der Waals surface area contributed by atoms with Gasteiger partial charge in [-0.1, -0.05) is 18.2 Å². The molecule has 1 aromatic carbocycles. The van der Waals surface area contributed by atoms with Gasteiger partial charge in [-0.05, 0) is 12.1 Å². The van der Waals surface area contributed by atoms with Gasteiger partial charge in [-0.3, -0.25) is 14.1 Å². The summed E-state index contributed by atoms with van der Waals surface area (Å²) in [6.07, 6.45) is 5.30. The van der Waals surface area contributed by atoms with Crippen molar-refractivity contribution >= 4 is 46.4 Å². The monoisotopic (exact) mass is 350 g/mol. The Hall–Kier alpha value is -3.13. The number of carboxylic acid groups (broad SMARTS) is 1. The maximum absolute atomic E-state index is 12.3. The van der Waals surface area contributed by atoms with Gasteiger partial charge in [0.1, 0.15) is 11.1 Å². The standard InChI is InChI=1S/C17H10N4O3S/c22-14-11(15-21(14)13(8-25-15)16(23)24)5-10-7-20-12-4-2-1-3-9(12)6-18-17(20)19-10/h1-8,15H,(H,23,24)/b11-5-/t15-/m1/s1. The number of imidazole rings is 1. The Morgan fingerprint density at radius 3 is 3.00 bits per heavy atom. The van der Waals surface area contributed by atoms with E-state index >= 15 is 0 Å². The van der Waals surface area contributed by atoms with Crippen molar-refractivity contribution in [3.8, 4) is 0 Å². The number of amides is 1. The molecule has 2 aromatic heterocycles. The van der Waals surface area contributed by atoms with Gasteiger partial charge in [-0.15, -0.1) is 11.8 Å². The fraction of sp³-hybridized carbons (Fsp3) is 0.0588. The number of aliphatic carboxylic acids is 1. The van der Waals surface area contributed by atoms with Crippen molar-refractivity contribution in [1.29, 1.82) is 0 Å². The summed E-state index contributed by atoms with van der Waals surface area (Å²) >= 11 is 1.31. The van der Waals surface area contributed by atoms with Crippen molar-refractivity contribution in [2.75, 3.05) is 0 Å². The molecule has 1 N–H and O–H groups in total. The van der Waals surface area contributed by atoms with Crippen molar-refractivity contribution in [2.24, 2.45) is 0 Å². The summed E-state index contributed by atoms with van der Waals surface area (Å²) in [4.78, 5) is 33.5. The molecule has 25 heavy (non-hydrogen) atoms. The summed E-state index contributed by atoms with van der Waals surface area (Å²) in [5, 5.41) is 11.3. The van der Waals surface area contributed by atoms with Crippen LogP contribution in [0.4, 0.5) is 0 Å². The number of carboxylic acids is 1. The lowest BCUT2D eigenvalue weighted by atomic mass is 10.0. The van der Waals surface area contributed by atoms with Crippen LogP contribution in [0.25, 0.3) is 22.8 Å². The fourth-order valence-electron chi connectivity index (χ4n) is 3.09. The average molecular weight is 350 g/mol. The van der Waals surface area contributed by atoms with Gasteiger partial charge in [-0.25, -0.2) is 14.8 Å². The molecule has 8 heteroatoms. The molecule has 2 aliphatic rings. The molecule has 4 heterocycles. The van der Waals surface area contributed by atoms with Crippen molar-refractivity contribution in [1.82, 2.24) is 19.3 Å². The van der Waals surface area contributed by atoms with Crippen LogP contribution in [0.5, 0.6) is 0 Å². The second-order valence-corrected chi connectivity index (χ2v) is 6.68. The van der Waals surface area contributed by atoms with E-state index in [4.69, 9.17) is 5.11 Å². The van der Waals surface area contributed by atoms with E-state index in [0.29, 0.717) is 17.0 Å². The molecular formula is C17H10N4O3S. The van der Waals surface area contributed by atoms with Crippen LogP contribution in [0, 0.1) is 0 Å². The van der Waals surface area contributed by atoms with E-state index in [0.717, 1.165) is 10.9 Å². The number of rotatable bonds is 2. The summed E-state index contributed by atoms with van der Waals surface area (Å²) < 4.78 is 1.88. The third kappa shape index (κ3) is 1.94. The molecule has 1 amide bonds. The van der Waals surface area contributed by atoms with Crippen LogP contribution in [0.15, 0.2) is 53.3 Å². The Balaban J connectivity index is 1.55. The second-order valence-electron chi connectivity index (χ2n) is 5.72. The number of β-lactam (4-membered cyclic amide) rings is 1. The Morgan fingerprint density at radius 2 is 2.16 bits per heavy atom. The van der Waals surface area contributed by atoms with E-state index in [-0.39, 0.29) is 17.0 Å². The van der Waals surface area contributed by atoms with Gasteiger partial charge in [0.2, 0.25) is 5.78 Å². The van der Waals surface area contributed by atoms with E-state index in [1.807, 2.05) is 34.9 Å². The lowest BCUT2D eigenvalue weighted by Crippen LogP contribution is -2.51. The average Bonchev–Trinajstić information content (AvgIpc) is 3.21. The number of para-hydroxylation sites is 1. The Kier molecular flexibility index (Phi) is 2.81. The molecule has 0 unspecified atom stereocenters. The number of carbonyl (C=O) groups excluding carboxylic acids is 1. The van der Waals surface area contributed by atoms with Crippen LogP contribution in [0.3, 0.4) is 0 Å². The third-order valence-electron chi connectivity index (χ3n) is 4.28. The molecule has 0 saturated carbocycles. The van der Waals surface area contributed by atoms with Gasteiger partial charge in [0, 0.05) is 23.2 Å². The largest absolute Gasteiger partial charge is 0.477 e. The number of fused-ring (bicyclic) bond motifs is 4. The predicted octanol–water partition coefficient (Wildman–Crippen LogP) is 2.11. The van der Waals surface area contributed by atoms with Crippen molar-refractivity contribution in [3.63, 3.8) is 0 Å². The molecule has 1 fully saturated rings. The Morgan fingerprint density at radius 1 is 1.32 bits per heavy atom. The molecule has 1 saturated heterocycles. The number of hydrogen-bond acceptors (Lipinski definition) is 5. The molecule has 2 aliphatic heterocycles. The number of thioether (sulfide) groups is 1. The molecule has 1 atom stereocenters. The summed E-state index contributed by atoms with van der Waals surface area (Å²) in [7, 11) is 0. The number of carbonyl (C=O) groups is 2. The first kappa shape index (κ1) is 14.2. The van der Waals surface area contributed by atoms with Crippen LogP contribution in [-0.4, -0.2) is 41.6 Å². The van der Waals surface area contributed by atoms with E-state index in [9.17, 15) is 9.59 Å². The smallest absolute Gasteiger partial charge is 0.353 e. The quantitative estimate of drug-likeness (QED) is 0.563. The van der Waals surface area contributed by atoms with E-state index in [1.54, 1.807) is 12.3 Å². The topological polar surface area (TPSA) is 87.8 Å². The zero-order chi connectivity index (χ0) is 17.1. The number of aromatic nitrogens is 3. The van der Waals surface area contributed by atoms with E-state index in [2.05, 4.69) is 9.97 Å². The minimum Gasteiger partial charge on any atom is -0.477 e. The first-order valence-electron chi connectivity index (χ1n) is 7.50. The number of hydrogen-bond donors (Lipinski definition) is 1. The zero-order valence-corrected chi connectivity index (χ0v) is 13.5. The van der Waals surface area contributed by atoms with Gasteiger partial charge in [0.15, 0.2) is 0 Å². The van der Waals surface area contributed by atoms with E-state index < -0.39 is 5.97 Å². The molecule has 0 aliphatic carbocycles. The summed E-state index contributed by atoms with van der Waals surface area (Å²) in [6.45, 7) is 0. The van der Waals surface area contributed by atoms with Gasteiger partial charge in [0.25, 0.3) is 5.91 Å². The molecule has 0 bridgehead atoms. The van der Waals surface area contributed by atoms with Crippen LogP contribution < -0.4 is 0 Å². The third-order valence-corrected chi connectivity index (χ3v) is 5.36. The first-order chi connectivity index (χ1) is 12.1. The molecule has 7 nitrogen and oxygen atoms in total. The van der Waals surface area contributed by atoms with Crippen molar-refractivity contribution in [2.45, 2.75) is 5.37 Å². The minimum atomic E-state index is -1.09. The zero-order valence-electron chi connectivity index (χ0n) is 12.7. The molecular weight excluding hydrogens is 340 g/mol. The van der Waals surface area contributed by atoms with Gasteiger partial charge in [0.05, 0.1) is 16.8 Å². The van der Waals surface area contributed by atoms with Crippen LogP contribution in [0.2, 0.25) is 0 Å². The summed E-state index contributed by atoms with van der Waals surface area (Å²) in [5.74, 6) is -0.832. The maximum atomic E-state index is 12.3. The van der Waals surface area contributed by atoms with Crippen LogP contribution >= 0.6 is 11.8 Å². The lowest BCUT2D eigenvalue weighted by Gasteiger charge is -2.36. The molecule has 0 radical (unpaired) electrons. The normalized spacial score (nSPS) is 20.9. The molecule has 0 spiro atoms. The van der Waals surface area contributed by atoms with Crippen molar-refractivity contribution < 1.29 is 14.7 Å². The summed E-state index contributed by atoms with van der Waals surface area (Å²) in [5.41, 5.74) is 2.18. The van der Waals surface area contributed by atoms with Crippen molar-refractivity contribution in [3.05, 3.63) is 59.0 Å². The van der Waals surface area contributed by atoms with Gasteiger partial charge in [-0.2, -0.15) is 0 Å². The van der Waals surface area contributed by atoms with Crippen LogP contribution in [-0.2, 0) is 9.59 Å². The highest BCUT2D eigenvalue weighted by Crippen LogP contribution is 2.45. The Labute approximate surface area is 145 Å². The SMILES string of the molecule is O=C(O)C1=CS[C@@H]2/C(=C\c3cn4c(ncc5ccccc54)n3)C(=O)N12. The minimum absolute atomic E-state index is 0.0276. The highest BCUT2D eigenvalue weighted by atomic mass is 32.2. The summed E-state index contributed by atoms with van der Waals surface area (Å²) in [6, 6.07) is 7.85.